The maximum atomic E-state index is 5.56. The van der Waals surface area contributed by atoms with Gasteiger partial charge in [0.2, 0.25) is 0 Å². The van der Waals surface area contributed by atoms with Crippen molar-refractivity contribution in [2.24, 2.45) is 17.8 Å². The van der Waals surface area contributed by atoms with Crippen LogP contribution in [0.15, 0.2) is 0 Å². The van der Waals surface area contributed by atoms with Gasteiger partial charge in [-0.25, -0.2) is 0 Å². The van der Waals surface area contributed by atoms with Gasteiger partial charge in [-0.2, -0.15) is 0 Å². The van der Waals surface area contributed by atoms with Crippen LogP contribution >= 0.6 is 0 Å². The Hall–Kier alpha value is -0.120. The van der Waals surface area contributed by atoms with Crippen LogP contribution in [0.5, 0.6) is 0 Å². The van der Waals surface area contributed by atoms with Gasteiger partial charge in [-0.1, -0.05) is 6.42 Å². The summed E-state index contributed by atoms with van der Waals surface area (Å²) in [7, 11) is 2.27. The first-order chi connectivity index (χ1) is 10.3. The highest BCUT2D eigenvalue weighted by Crippen LogP contribution is 2.31. The standard InChI is InChI=1S/C18H34N2O/c1-19-10-5-16(6-11-19)14-20-9-3-2-4-18(15-20)17-7-12-21-13-8-17/h16-18H,2-15H2,1H3. The van der Waals surface area contributed by atoms with Crippen molar-refractivity contribution in [1.29, 1.82) is 0 Å². The second kappa shape index (κ2) is 7.94. The highest BCUT2D eigenvalue weighted by atomic mass is 16.5. The highest BCUT2D eigenvalue weighted by Gasteiger charge is 2.28. The van der Waals surface area contributed by atoms with E-state index in [4.69, 9.17) is 4.74 Å². The largest absolute Gasteiger partial charge is 0.381 e. The van der Waals surface area contributed by atoms with Crippen LogP contribution in [0.2, 0.25) is 0 Å². The molecule has 0 amide bonds. The van der Waals surface area contributed by atoms with Crippen LogP contribution < -0.4 is 0 Å². The van der Waals surface area contributed by atoms with Gasteiger partial charge in [-0.15, -0.1) is 0 Å². The van der Waals surface area contributed by atoms with Gasteiger partial charge in [0.1, 0.15) is 0 Å². The van der Waals surface area contributed by atoms with E-state index in [0.717, 1.165) is 31.0 Å². The summed E-state index contributed by atoms with van der Waals surface area (Å²) in [6.07, 6.45) is 9.79. The summed E-state index contributed by atoms with van der Waals surface area (Å²) in [4.78, 5) is 5.31. The summed E-state index contributed by atoms with van der Waals surface area (Å²) in [5.74, 6) is 2.84. The zero-order valence-electron chi connectivity index (χ0n) is 13.9. The van der Waals surface area contributed by atoms with Crippen molar-refractivity contribution in [2.45, 2.75) is 44.9 Å². The molecule has 0 N–H and O–H groups in total. The molecule has 1 unspecified atom stereocenters. The van der Waals surface area contributed by atoms with Crippen LogP contribution in [0.3, 0.4) is 0 Å². The summed E-state index contributed by atoms with van der Waals surface area (Å²) < 4.78 is 5.56. The normalized spacial score (nSPS) is 32.1. The number of ether oxygens (including phenoxy) is 1. The van der Waals surface area contributed by atoms with Crippen LogP contribution in [-0.2, 0) is 4.74 Å². The lowest BCUT2D eigenvalue weighted by atomic mass is 9.83. The lowest BCUT2D eigenvalue weighted by Crippen LogP contribution is -2.40. The molecule has 3 aliphatic rings. The number of hydrogen-bond acceptors (Lipinski definition) is 3. The fourth-order valence-corrected chi connectivity index (χ4v) is 4.60. The van der Waals surface area contributed by atoms with Gasteiger partial charge in [0, 0.05) is 26.3 Å². The summed E-state index contributed by atoms with van der Waals surface area (Å²) in [6.45, 7) is 8.73. The van der Waals surface area contributed by atoms with Gasteiger partial charge in [0.15, 0.2) is 0 Å². The van der Waals surface area contributed by atoms with E-state index in [1.807, 2.05) is 0 Å². The zero-order chi connectivity index (χ0) is 14.5. The van der Waals surface area contributed by atoms with Gasteiger partial charge in [-0.3, -0.25) is 0 Å². The minimum absolute atomic E-state index is 0.942. The van der Waals surface area contributed by atoms with E-state index >= 15 is 0 Å². The van der Waals surface area contributed by atoms with Gasteiger partial charge in [-0.05, 0) is 83.0 Å². The van der Waals surface area contributed by atoms with Gasteiger partial charge >= 0.3 is 0 Å². The second-order valence-electron chi connectivity index (χ2n) is 7.71. The Morgan fingerprint density at radius 1 is 0.857 bits per heavy atom. The van der Waals surface area contributed by atoms with Crippen molar-refractivity contribution in [3.05, 3.63) is 0 Å². The monoisotopic (exact) mass is 294 g/mol. The molecule has 0 aromatic rings. The Bertz CT molecular complexity index is 296. The molecule has 1 atom stereocenters. The van der Waals surface area contributed by atoms with E-state index in [1.165, 1.54) is 77.7 Å². The molecule has 3 aliphatic heterocycles. The summed E-state index contributed by atoms with van der Waals surface area (Å²) in [5, 5.41) is 0. The van der Waals surface area contributed by atoms with E-state index in [9.17, 15) is 0 Å². The molecule has 0 saturated carbocycles. The van der Waals surface area contributed by atoms with Crippen LogP contribution in [0.1, 0.15) is 44.9 Å². The summed E-state index contributed by atoms with van der Waals surface area (Å²) in [6, 6.07) is 0. The van der Waals surface area contributed by atoms with Crippen molar-refractivity contribution in [3.63, 3.8) is 0 Å². The third-order valence-corrected chi connectivity index (χ3v) is 6.08. The molecule has 3 nitrogen and oxygen atoms in total. The minimum atomic E-state index is 0.942. The number of rotatable bonds is 3. The Morgan fingerprint density at radius 3 is 2.38 bits per heavy atom. The van der Waals surface area contributed by atoms with Crippen molar-refractivity contribution >= 4 is 0 Å². The Morgan fingerprint density at radius 2 is 1.62 bits per heavy atom. The molecule has 0 bridgehead atoms. The van der Waals surface area contributed by atoms with E-state index in [1.54, 1.807) is 0 Å². The van der Waals surface area contributed by atoms with Crippen molar-refractivity contribution in [1.82, 2.24) is 9.80 Å². The van der Waals surface area contributed by atoms with Crippen LogP contribution in [0, 0.1) is 17.8 Å². The topological polar surface area (TPSA) is 15.7 Å². The molecular formula is C18H34N2O. The lowest BCUT2D eigenvalue weighted by Gasteiger charge is -2.36. The van der Waals surface area contributed by atoms with Crippen LogP contribution in [0.25, 0.3) is 0 Å². The average Bonchev–Trinajstić information content (AvgIpc) is 2.76. The first-order valence-corrected chi connectivity index (χ1v) is 9.30. The highest BCUT2D eigenvalue weighted by molar-refractivity contribution is 4.81. The molecule has 0 radical (unpaired) electrons. The maximum absolute atomic E-state index is 5.56. The Balaban J connectivity index is 1.49. The first-order valence-electron chi connectivity index (χ1n) is 9.30. The summed E-state index contributed by atoms with van der Waals surface area (Å²) in [5.41, 5.74) is 0. The number of likely N-dealkylation sites (tertiary alicyclic amines) is 2. The van der Waals surface area contributed by atoms with Crippen LogP contribution in [0.4, 0.5) is 0 Å². The molecule has 3 saturated heterocycles. The molecule has 21 heavy (non-hydrogen) atoms. The SMILES string of the molecule is CN1CCC(CN2CCCCC(C3CCOCC3)C2)CC1. The quantitative estimate of drug-likeness (QED) is 0.796. The molecule has 3 fully saturated rings. The minimum Gasteiger partial charge on any atom is -0.381 e. The smallest absolute Gasteiger partial charge is 0.0468 e. The van der Waals surface area contributed by atoms with Crippen LogP contribution in [-0.4, -0.2) is 62.8 Å². The molecular weight excluding hydrogens is 260 g/mol. The Kier molecular flexibility index (Phi) is 5.96. The molecule has 3 heteroatoms. The van der Waals surface area contributed by atoms with Gasteiger partial charge in [0.05, 0.1) is 0 Å². The fraction of sp³-hybridized carbons (Fsp3) is 1.00. The van der Waals surface area contributed by atoms with E-state index in [0.29, 0.717) is 0 Å². The summed E-state index contributed by atoms with van der Waals surface area (Å²) >= 11 is 0. The van der Waals surface area contributed by atoms with Gasteiger partial charge in [0.25, 0.3) is 0 Å². The van der Waals surface area contributed by atoms with Gasteiger partial charge < -0.3 is 14.5 Å². The second-order valence-corrected chi connectivity index (χ2v) is 7.71. The molecule has 0 aromatic heterocycles. The number of hydrogen-bond donors (Lipinski definition) is 0. The molecule has 0 spiro atoms. The predicted octanol–water partition coefficient (Wildman–Crippen LogP) is 2.86. The van der Waals surface area contributed by atoms with E-state index in [2.05, 4.69) is 16.8 Å². The molecule has 0 aliphatic carbocycles. The maximum Gasteiger partial charge on any atom is 0.0468 e. The third-order valence-electron chi connectivity index (χ3n) is 6.08. The molecule has 3 rings (SSSR count). The Labute approximate surface area is 131 Å². The van der Waals surface area contributed by atoms with E-state index in [-0.39, 0.29) is 0 Å². The third kappa shape index (κ3) is 4.67. The molecule has 0 aromatic carbocycles. The fourth-order valence-electron chi connectivity index (χ4n) is 4.60. The van der Waals surface area contributed by atoms with Crippen molar-refractivity contribution < 1.29 is 4.74 Å². The van der Waals surface area contributed by atoms with Crippen molar-refractivity contribution in [2.75, 3.05) is 53.0 Å². The number of nitrogens with zero attached hydrogens (tertiary/aromatic N) is 2. The molecule has 3 heterocycles. The lowest BCUT2D eigenvalue weighted by molar-refractivity contribution is 0.0371. The molecule has 122 valence electrons. The average molecular weight is 294 g/mol. The number of piperidine rings is 1. The van der Waals surface area contributed by atoms with Crippen molar-refractivity contribution in [3.8, 4) is 0 Å². The first kappa shape index (κ1) is 15.8. The zero-order valence-corrected chi connectivity index (χ0v) is 13.9. The van der Waals surface area contributed by atoms with E-state index < -0.39 is 0 Å². The predicted molar refractivity (Wildman–Crippen MR) is 87.5 cm³/mol.